The molecule has 29 heavy (non-hydrogen) atoms. The van der Waals surface area contributed by atoms with E-state index in [4.69, 9.17) is 0 Å². The molecule has 0 aliphatic carbocycles. The molecule has 1 amide bonds. The van der Waals surface area contributed by atoms with Gasteiger partial charge >= 0.3 is 0 Å². The van der Waals surface area contributed by atoms with Crippen molar-refractivity contribution in [3.8, 4) is 0 Å². The summed E-state index contributed by atoms with van der Waals surface area (Å²) in [6, 6.07) is 14.1. The zero-order chi connectivity index (χ0) is 20.2. The van der Waals surface area contributed by atoms with Crippen molar-refractivity contribution in [2.75, 3.05) is 19.6 Å². The summed E-state index contributed by atoms with van der Waals surface area (Å²) >= 11 is 0. The van der Waals surface area contributed by atoms with E-state index >= 15 is 0 Å². The van der Waals surface area contributed by atoms with E-state index in [2.05, 4.69) is 49.3 Å². The average Bonchev–Trinajstić information content (AvgIpc) is 3.05. The lowest BCUT2D eigenvalue weighted by Gasteiger charge is -2.30. The van der Waals surface area contributed by atoms with Crippen LogP contribution in [0.2, 0.25) is 0 Å². The standard InChI is InChI=1S/C22H26N6O/c1-16-9-10-19(13-23-16)22(29)28-12-6-11-27(14-18-7-4-3-5-8-18)20(15-28)21-24-17(2)25-26-21/h3-5,7-10,13,20H,6,11-12,14-15H2,1-2H3,(H,24,25,26). The Morgan fingerprint density at radius 1 is 1.14 bits per heavy atom. The molecule has 1 fully saturated rings. The molecule has 2 aromatic heterocycles. The Kier molecular flexibility index (Phi) is 5.67. The molecule has 3 heterocycles. The molecule has 0 spiro atoms. The number of aromatic amines is 1. The molecular formula is C22H26N6O. The molecule has 0 radical (unpaired) electrons. The molecule has 7 heteroatoms. The van der Waals surface area contributed by atoms with Crippen molar-refractivity contribution in [2.45, 2.75) is 32.9 Å². The van der Waals surface area contributed by atoms with Crippen molar-refractivity contribution in [2.24, 2.45) is 0 Å². The SMILES string of the molecule is Cc1ccc(C(=O)N2CCCN(Cc3ccccc3)C(c3n[nH]c(C)n3)C2)cn1. The van der Waals surface area contributed by atoms with Gasteiger partial charge in [0.05, 0.1) is 11.6 Å². The Bertz CT molecular complexity index is 953. The summed E-state index contributed by atoms with van der Waals surface area (Å²) in [5.74, 6) is 1.53. The second-order valence-electron chi connectivity index (χ2n) is 7.54. The molecule has 7 nitrogen and oxygen atoms in total. The Hall–Kier alpha value is -3.06. The van der Waals surface area contributed by atoms with E-state index in [-0.39, 0.29) is 11.9 Å². The summed E-state index contributed by atoms with van der Waals surface area (Å²) in [6.07, 6.45) is 2.56. The highest BCUT2D eigenvalue weighted by Gasteiger charge is 2.31. The fourth-order valence-corrected chi connectivity index (χ4v) is 3.76. The molecular weight excluding hydrogens is 364 g/mol. The minimum absolute atomic E-state index is 0.0105. The highest BCUT2D eigenvalue weighted by atomic mass is 16.2. The van der Waals surface area contributed by atoms with Gasteiger partial charge < -0.3 is 4.90 Å². The number of nitrogens with zero attached hydrogens (tertiary/aromatic N) is 5. The predicted molar refractivity (Wildman–Crippen MR) is 110 cm³/mol. The largest absolute Gasteiger partial charge is 0.337 e. The smallest absolute Gasteiger partial charge is 0.255 e. The number of aryl methyl sites for hydroxylation is 2. The molecule has 1 aliphatic heterocycles. The fourth-order valence-electron chi connectivity index (χ4n) is 3.76. The topological polar surface area (TPSA) is 78.0 Å². The first-order valence-corrected chi connectivity index (χ1v) is 9.99. The maximum absolute atomic E-state index is 13.1. The van der Waals surface area contributed by atoms with Gasteiger partial charge in [-0.3, -0.25) is 19.8 Å². The Morgan fingerprint density at radius 3 is 2.66 bits per heavy atom. The molecule has 1 atom stereocenters. The summed E-state index contributed by atoms with van der Waals surface area (Å²) in [6.45, 7) is 6.75. The first-order valence-electron chi connectivity index (χ1n) is 9.99. The van der Waals surface area contributed by atoms with Crippen LogP contribution in [0.5, 0.6) is 0 Å². The molecule has 0 saturated carbocycles. The lowest BCUT2D eigenvalue weighted by atomic mass is 10.1. The highest BCUT2D eigenvalue weighted by Crippen LogP contribution is 2.25. The summed E-state index contributed by atoms with van der Waals surface area (Å²) in [5.41, 5.74) is 2.77. The van der Waals surface area contributed by atoms with Crippen LogP contribution in [0, 0.1) is 13.8 Å². The number of rotatable bonds is 4. The maximum Gasteiger partial charge on any atom is 0.255 e. The van der Waals surface area contributed by atoms with E-state index in [1.54, 1.807) is 6.20 Å². The molecule has 150 valence electrons. The van der Waals surface area contributed by atoms with Gasteiger partial charge in [-0.2, -0.15) is 5.10 Å². The van der Waals surface area contributed by atoms with Gasteiger partial charge in [0.25, 0.3) is 5.91 Å². The van der Waals surface area contributed by atoms with Crippen molar-refractivity contribution >= 4 is 5.91 Å². The lowest BCUT2D eigenvalue weighted by Crippen LogP contribution is -2.38. The van der Waals surface area contributed by atoms with E-state index in [9.17, 15) is 4.79 Å². The van der Waals surface area contributed by atoms with Crippen LogP contribution in [0.4, 0.5) is 0 Å². The number of nitrogens with one attached hydrogen (secondary N) is 1. The molecule has 1 N–H and O–H groups in total. The van der Waals surface area contributed by atoms with Gasteiger partial charge in [-0.1, -0.05) is 30.3 Å². The number of aromatic nitrogens is 4. The average molecular weight is 390 g/mol. The number of carbonyl (C=O) groups excluding carboxylic acids is 1. The third kappa shape index (κ3) is 4.51. The minimum Gasteiger partial charge on any atom is -0.337 e. The van der Waals surface area contributed by atoms with Crippen molar-refractivity contribution in [3.05, 3.63) is 77.1 Å². The molecule has 3 aromatic rings. The van der Waals surface area contributed by atoms with E-state index in [0.29, 0.717) is 18.7 Å². The number of hydrogen-bond acceptors (Lipinski definition) is 5. The number of amides is 1. The Labute approximate surface area is 170 Å². The zero-order valence-electron chi connectivity index (χ0n) is 16.9. The second-order valence-corrected chi connectivity index (χ2v) is 7.54. The van der Waals surface area contributed by atoms with E-state index < -0.39 is 0 Å². The molecule has 0 bridgehead atoms. The maximum atomic E-state index is 13.1. The van der Waals surface area contributed by atoms with Crippen LogP contribution >= 0.6 is 0 Å². The number of pyridine rings is 1. The van der Waals surface area contributed by atoms with E-state index in [1.165, 1.54) is 5.56 Å². The molecule has 1 unspecified atom stereocenters. The third-order valence-corrected chi connectivity index (χ3v) is 5.29. The summed E-state index contributed by atoms with van der Waals surface area (Å²) in [5, 5.41) is 7.37. The van der Waals surface area contributed by atoms with Crippen LogP contribution in [-0.4, -0.2) is 55.5 Å². The normalized spacial score (nSPS) is 17.9. The van der Waals surface area contributed by atoms with Crippen LogP contribution in [0.3, 0.4) is 0 Å². The molecule has 1 aromatic carbocycles. The van der Waals surface area contributed by atoms with E-state index in [0.717, 1.165) is 36.9 Å². The monoisotopic (exact) mass is 390 g/mol. The minimum atomic E-state index is -0.0648. The molecule has 4 rings (SSSR count). The van der Waals surface area contributed by atoms with Gasteiger partial charge in [0.1, 0.15) is 5.82 Å². The van der Waals surface area contributed by atoms with Gasteiger partial charge in [-0.25, -0.2) is 4.98 Å². The summed E-state index contributed by atoms with van der Waals surface area (Å²) in [7, 11) is 0. The Morgan fingerprint density at radius 2 is 1.97 bits per heavy atom. The van der Waals surface area contributed by atoms with Gasteiger partial charge in [0, 0.05) is 38.1 Å². The molecule has 1 saturated heterocycles. The number of carbonyl (C=O) groups is 1. The van der Waals surface area contributed by atoms with Crippen molar-refractivity contribution in [1.29, 1.82) is 0 Å². The predicted octanol–water partition coefficient (Wildman–Crippen LogP) is 2.91. The number of benzene rings is 1. The zero-order valence-corrected chi connectivity index (χ0v) is 16.9. The highest BCUT2D eigenvalue weighted by molar-refractivity contribution is 5.94. The van der Waals surface area contributed by atoms with Crippen LogP contribution < -0.4 is 0 Å². The number of hydrogen-bond donors (Lipinski definition) is 1. The van der Waals surface area contributed by atoms with Crippen molar-refractivity contribution < 1.29 is 4.79 Å². The van der Waals surface area contributed by atoms with Gasteiger partial charge in [-0.05, 0) is 38.0 Å². The summed E-state index contributed by atoms with van der Waals surface area (Å²) in [4.78, 5) is 26.3. The van der Waals surface area contributed by atoms with Crippen molar-refractivity contribution in [1.82, 2.24) is 30.0 Å². The third-order valence-electron chi connectivity index (χ3n) is 5.29. The van der Waals surface area contributed by atoms with Crippen LogP contribution in [0.1, 0.15) is 45.7 Å². The lowest BCUT2D eigenvalue weighted by molar-refractivity contribution is 0.0726. The first kappa shape index (κ1) is 19.3. The van der Waals surface area contributed by atoms with Gasteiger partial charge in [-0.15, -0.1) is 0 Å². The second kappa shape index (κ2) is 8.53. The summed E-state index contributed by atoms with van der Waals surface area (Å²) < 4.78 is 0. The molecule has 1 aliphatic rings. The van der Waals surface area contributed by atoms with Crippen LogP contribution in [0.15, 0.2) is 48.7 Å². The quantitative estimate of drug-likeness (QED) is 0.741. The van der Waals surface area contributed by atoms with E-state index in [1.807, 2.05) is 36.9 Å². The van der Waals surface area contributed by atoms with Gasteiger partial charge in [0.15, 0.2) is 5.82 Å². The first-order chi connectivity index (χ1) is 14.1. The Balaban J connectivity index is 1.60. The van der Waals surface area contributed by atoms with Crippen LogP contribution in [-0.2, 0) is 6.54 Å². The fraction of sp³-hybridized carbons (Fsp3) is 0.364. The van der Waals surface area contributed by atoms with Crippen molar-refractivity contribution in [3.63, 3.8) is 0 Å². The van der Waals surface area contributed by atoms with Gasteiger partial charge in [0.2, 0.25) is 0 Å². The number of H-pyrrole nitrogens is 1. The van der Waals surface area contributed by atoms with Crippen LogP contribution in [0.25, 0.3) is 0 Å².